The molecule has 2 aromatic rings. The summed E-state index contributed by atoms with van der Waals surface area (Å²) in [5, 5.41) is 14.4. The molecule has 0 saturated heterocycles. The van der Waals surface area contributed by atoms with Crippen molar-refractivity contribution >= 4 is 28.5 Å². The van der Waals surface area contributed by atoms with E-state index in [0.717, 1.165) is 5.75 Å². The van der Waals surface area contributed by atoms with Crippen LogP contribution in [-0.4, -0.2) is 37.6 Å². The number of para-hydroxylation sites is 1. The molecule has 0 fully saturated rings. The highest BCUT2D eigenvalue weighted by atomic mass is 32.2. The number of benzene rings is 2. The van der Waals surface area contributed by atoms with Crippen molar-refractivity contribution in [3.05, 3.63) is 54.1 Å². The van der Waals surface area contributed by atoms with Gasteiger partial charge in [-0.2, -0.15) is 5.26 Å². The average Bonchev–Trinajstić information content (AvgIpc) is 2.71. The first kappa shape index (κ1) is 20.1. The summed E-state index contributed by atoms with van der Waals surface area (Å²) in [6.07, 6.45) is 3.62. The van der Waals surface area contributed by atoms with Gasteiger partial charge < -0.3 is 14.8 Å². The topological polar surface area (TPSA) is 95.7 Å². The molecule has 27 heavy (non-hydrogen) atoms. The van der Waals surface area contributed by atoms with E-state index in [-0.39, 0.29) is 5.91 Å². The second-order valence-corrected chi connectivity index (χ2v) is 5.95. The molecule has 0 spiro atoms. The minimum atomic E-state index is -0.259. The highest BCUT2D eigenvalue weighted by Crippen LogP contribution is 2.20. The monoisotopic (exact) mass is 384 g/mol. The zero-order valence-corrected chi connectivity index (χ0v) is 15.9. The maximum Gasteiger partial charge on any atom is 0.253 e. The number of nitrogens with one attached hydrogen (secondary N) is 2. The molecule has 0 aliphatic carbocycles. The number of rotatable bonds is 7. The standard InChI is InChI=1S/C19H20N4O3S/c1-25-14-7-9-15(10-8-14)26-12-11-21-18(24)16-5-3-4-6-17(16)23-19(27-2)22-13-20/h3-10H,11-12H2,1-2H3,(H,21,24)(H,22,23). The van der Waals surface area contributed by atoms with Gasteiger partial charge in [-0.1, -0.05) is 23.9 Å². The van der Waals surface area contributed by atoms with Crippen LogP contribution in [0.15, 0.2) is 53.5 Å². The molecule has 0 atom stereocenters. The fourth-order valence-electron chi connectivity index (χ4n) is 2.15. The third kappa shape index (κ3) is 6.24. The fraction of sp³-hybridized carbons (Fsp3) is 0.211. The zero-order valence-electron chi connectivity index (χ0n) is 15.1. The SMILES string of the molecule is COc1ccc(OCCNC(=O)c2ccccc2N=C(NC#N)SC)cc1. The molecule has 2 rings (SSSR count). The second-order valence-electron chi connectivity index (χ2n) is 5.15. The first-order valence-corrected chi connectivity index (χ1v) is 9.32. The molecule has 140 valence electrons. The number of thioether (sulfide) groups is 1. The first-order chi connectivity index (χ1) is 13.2. The summed E-state index contributed by atoms with van der Waals surface area (Å²) in [5.74, 6) is 1.19. The van der Waals surface area contributed by atoms with Gasteiger partial charge in [0, 0.05) is 0 Å². The van der Waals surface area contributed by atoms with E-state index < -0.39 is 0 Å². The van der Waals surface area contributed by atoms with Gasteiger partial charge in [-0.15, -0.1) is 0 Å². The quantitative estimate of drug-likeness (QED) is 0.251. The molecule has 0 heterocycles. The lowest BCUT2D eigenvalue weighted by Gasteiger charge is -2.10. The molecular formula is C19H20N4O3S. The molecule has 0 aliphatic heterocycles. The highest BCUT2D eigenvalue weighted by molar-refractivity contribution is 8.13. The molecule has 2 aromatic carbocycles. The smallest absolute Gasteiger partial charge is 0.253 e. The second kappa shape index (κ2) is 10.7. The first-order valence-electron chi connectivity index (χ1n) is 8.09. The Morgan fingerprint density at radius 1 is 1.19 bits per heavy atom. The molecule has 0 aromatic heterocycles. The summed E-state index contributed by atoms with van der Waals surface area (Å²) in [5.41, 5.74) is 0.909. The van der Waals surface area contributed by atoms with Crippen molar-refractivity contribution in [2.24, 2.45) is 4.99 Å². The van der Waals surface area contributed by atoms with Crippen LogP contribution in [-0.2, 0) is 0 Å². The lowest BCUT2D eigenvalue weighted by Crippen LogP contribution is -2.28. The zero-order chi connectivity index (χ0) is 19.5. The van der Waals surface area contributed by atoms with Gasteiger partial charge in [-0.05, 0) is 42.7 Å². The fourth-order valence-corrected chi connectivity index (χ4v) is 2.48. The van der Waals surface area contributed by atoms with Gasteiger partial charge in [0.05, 0.1) is 24.9 Å². The molecule has 2 N–H and O–H groups in total. The van der Waals surface area contributed by atoms with Crippen molar-refractivity contribution in [2.45, 2.75) is 0 Å². The summed E-state index contributed by atoms with van der Waals surface area (Å²) >= 11 is 1.29. The summed E-state index contributed by atoms with van der Waals surface area (Å²) < 4.78 is 10.7. The number of amidine groups is 1. The minimum absolute atomic E-state index is 0.259. The molecular weight excluding hydrogens is 364 g/mol. The van der Waals surface area contributed by atoms with Crippen LogP contribution in [0.5, 0.6) is 11.5 Å². The molecule has 7 nitrogen and oxygen atoms in total. The van der Waals surface area contributed by atoms with Crippen molar-refractivity contribution < 1.29 is 14.3 Å². The summed E-state index contributed by atoms with van der Waals surface area (Å²) in [4.78, 5) is 16.8. The van der Waals surface area contributed by atoms with Gasteiger partial charge in [-0.3, -0.25) is 10.1 Å². The van der Waals surface area contributed by atoms with E-state index >= 15 is 0 Å². The van der Waals surface area contributed by atoms with Crippen molar-refractivity contribution in [3.63, 3.8) is 0 Å². The van der Waals surface area contributed by atoms with E-state index in [4.69, 9.17) is 14.7 Å². The van der Waals surface area contributed by atoms with Crippen molar-refractivity contribution in [1.29, 1.82) is 5.26 Å². The Labute approximate surface area is 162 Å². The highest BCUT2D eigenvalue weighted by Gasteiger charge is 2.11. The van der Waals surface area contributed by atoms with Gasteiger partial charge in [0.25, 0.3) is 5.91 Å². The molecule has 8 heteroatoms. The number of carbonyl (C=O) groups is 1. The molecule has 0 unspecified atom stereocenters. The van der Waals surface area contributed by atoms with Crippen LogP contribution < -0.4 is 20.1 Å². The summed E-state index contributed by atoms with van der Waals surface area (Å²) in [6.45, 7) is 0.671. The number of nitrogens with zero attached hydrogens (tertiary/aromatic N) is 2. The van der Waals surface area contributed by atoms with Gasteiger partial charge in [0.15, 0.2) is 11.4 Å². The van der Waals surface area contributed by atoms with Crippen LogP contribution in [0.1, 0.15) is 10.4 Å². The van der Waals surface area contributed by atoms with Crippen molar-refractivity contribution in [3.8, 4) is 17.7 Å². The number of hydrogen-bond donors (Lipinski definition) is 2. The van der Waals surface area contributed by atoms with Crippen LogP contribution in [0.2, 0.25) is 0 Å². The summed E-state index contributed by atoms with van der Waals surface area (Å²) in [7, 11) is 1.60. The van der Waals surface area contributed by atoms with E-state index in [2.05, 4.69) is 15.6 Å². The van der Waals surface area contributed by atoms with Crippen LogP contribution in [0, 0.1) is 11.5 Å². The van der Waals surface area contributed by atoms with Crippen LogP contribution in [0.4, 0.5) is 5.69 Å². The number of ether oxygens (including phenoxy) is 2. The Kier molecular flexibility index (Phi) is 8.00. The molecule has 0 aliphatic rings. The number of methoxy groups -OCH3 is 1. The van der Waals surface area contributed by atoms with Crippen molar-refractivity contribution in [2.75, 3.05) is 26.5 Å². The average molecular weight is 384 g/mol. The van der Waals surface area contributed by atoms with E-state index in [1.807, 2.05) is 6.19 Å². The van der Waals surface area contributed by atoms with Crippen LogP contribution in [0.3, 0.4) is 0 Å². The Balaban J connectivity index is 1.93. The largest absolute Gasteiger partial charge is 0.497 e. The molecule has 0 bridgehead atoms. The minimum Gasteiger partial charge on any atom is -0.497 e. The normalized spacial score (nSPS) is 10.6. The Morgan fingerprint density at radius 3 is 2.56 bits per heavy atom. The number of nitriles is 1. The molecule has 0 radical (unpaired) electrons. The predicted octanol–water partition coefficient (Wildman–Crippen LogP) is 2.93. The van der Waals surface area contributed by atoms with Crippen LogP contribution >= 0.6 is 11.8 Å². The number of amides is 1. The van der Waals surface area contributed by atoms with Crippen molar-refractivity contribution in [1.82, 2.24) is 10.6 Å². The third-order valence-electron chi connectivity index (χ3n) is 3.44. The van der Waals surface area contributed by atoms with Gasteiger partial charge in [0.1, 0.15) is 18.1 Å². The Bertz CT molecular complexity index is 832. The van der Waals surface area contributed by atoms with E-state index in [0.29, 0.717) is 35.3 Å². The number of aliphatic imine (C=N–C) groups is 1. The lowest BCUT2D eigenvalue weighted by atomic mass is 10.1. The maximum absolute atomic E-state index is 12.4. The predicted molar refractivity (Wildman–Crippen MR) is 107 cm³/mol. The van der Waals surface area contributed by atoms with Gasteiger partial charge >= 0.3 is 0 Å². The van der Waals surface area contributed by atoms with Gasteiger partial charge in [0.2, 0.25) is 0 Å². The van der Waals surface area contributed by atoms with E-state index in [1.54, 1.807) is 61.9 Å². The lowest BCUT2D eigenvalue weighted by molar-refractivity contribution is 0.0947. The molecule has 0 saturated carbocycles. The number of carbonyl (C=O) groups excluding carboxylic acids is 1. The molecule has 1 amide bonds. The van der Waals surface area contributed by atoms with Crippen LogP contribution in [0.25, 0.3) is 0 Å². The van der Waals surface area contributed by atoms with E-state index in [1.165, 1.54) is 11.8 Å². The summed E-state index contributed by atoms with van der Waals surface area (Å²) in [6, 6.07) is 14.2. The van der Waals surface area contributed by atoms with E-state index in [9.17, 15) is 4.79 Å². The Morgan fingerprint density at radius 2 is 1.89 bits per heavy atom. The Hall–Kier alpha value is -3.18. The maximum atomic E-state index is 12.4. The van der Waals surface area contributed by atoms with Gasteiger partial charge in [-0.25, -0.2) is 4.99 Å². The number of hydrogen-bond acceptors (Lipinski definition) is 6. The third-order valence-corrected chi connectivity index (χ3v) is 4.02.